The highest BCUT2D eigenvalue weighted by molar-refractivity contribution is 5.83. The molecule has 1 aliphatic carbocycles. The molecule has 0 radical (unpaired) electrons. The van der Waals surface area contributed by atoms with Crippen LogP contribution >= 0.6 is 0 Å². The largest absolute Gasteiger partial charge is 0.339 e. The molecule has 2 fully saturated rings. The van der Waals surface area contributed by atoms with Crippen LogP contribution in [0.5, 0.6) is 0 Å². The van der Waals surface area contributed by atoms with Gasteiger partial charge in [-0.3, -0.25) is 9.59 Å². The standard InChI is InChI=1S/C20H29N3O2/c21-19(17-9-5-2-6-10-17)20(25)23-13-11-22(12-14-23)18(24)15-16-7-3-1-4-8-16/h2,5-6,9-10,16,19H,1,3-4,7-8,11-15,21H2. The van der Waals surface area contributed by atoms with E-state index >= 15 is 0 Å². The zero-order valence-corrected chi connectivity index (χ0v) is 14.9. The summed E-state index contributed by atoms with van der Waals surface area (Å²) < 4.78 is 0. The Balaban J connectivity index is 1.47. The van der Waals surface area contributed by atoms with Crippen LogP contribution in [-0.4, -0.2) is 47.8 Å². The number of nitrogens with zero attached hydrogens (tertiary/aromatic N) is 2. The zero-order chi connectivity index (χ0) is 17.6. The van der Waals surface area contributed by atoms with Crippen molar-refractivity contribution < 1.29 is 9.59 Å². The number of carbonyl (C=O) groups excluding carboxylic acids is 2. The monoisotopic (exact) mass is 343 g/mol. The summed E-state index contributed by atoms with van der Waals surface area (Å²) in [4.78, 5) is 28.8. The lowest BCUT2D eigenvalue weighted by molar-refractivity contribution is -0.141. The van der Waals surface area contributed by atoms with E-state index in [4.69, 9.17) is 5.73 Å². The van der Waals surface area contributed by atoms with Gasteiger partial charge in [-0.1, -0.05) is 49.6 Å². The van der Waals surface area contributed by atoms with Gasteiger partial charge in [-0.25, -0.2) is 0 Å². The van der Waals surface area contributed by atoms with E-state index in [0.29, 0.717) is 38.5 Å². The Morgan fingerprint density at radius 1 is 0.960 bits per heavy atom. The van der Waals surface area contributed by atoms with Crippen molar-refractivity contribution in [2.24, 2.45) is 11.7 Å². The highest BCUT2D eigenvalue weighted by Gasteiger charge is 2.28. The van der Waals surface area contributed by atoms with Crippen LogP contribution in [0.4, 0.5) is 0 Å². The van der Waals surface area contributed by atoms with Gasteiger partial charge in [0.25, 0.3) is 0 Å². The van der Waals surface area contributed by atoms with E-state index in [1.807, 2.05) is 35.2 Å². The average molecular weight is 343 g/mol. The van der Waals surface area contributed by atoms with Gasteiger partial charge in [0, 0.05) is 32.6 Å². The molecule has 1 aliphatic heterocycles. The van der Waals surface area contributed by atoms with Gasteiger partial charge in [0.2, 0.25) is 11.8 Å². The molecule has 0 bridgehead atoms. The van der Waals surface area contributed by atoms with Gasteiger partial charge in [-0.2, -0.15) is 0 Å². The normalized spacial score (nSPS) is 20.4. The molecule has 2 aliphatic rings. The number of rotatable bonds is 4. The lowest BCUT2D eigenvalue weighted by Crippen LogP contribution is -2.52. The molecule has 0 spiro atoms. The van der Waals surface area contributed by atoms with Crippen molar-refractivity contribution in [1.82, 2.24) is 9.80 Å². The fourth-order valence-electron chi connectivity index (χ4n) is 3.94. The van der Waals surface area contributed by atoms with Crippen LogP contribution in [0.25, 0.3) is 0 Å². The number of nitrogens with two attached hydrogens (primary N) is 1. The minimum atomic E-state index is -0.620. The van der Waals surface area contributed by atoms with Gasteiger partial charge in [0.1, 0.15) is 6.04 Å². The second-order valence-corrected chi connectivity index (χ2v) is 7.30. The molecule has 136 valence electrons. The molecule has 5 nitrogen and oxygen atoms in total. The Labute approximate surface area is 150 Å². The second-order valence-electron chi connectivity index (χ2n) is 7.30. The maximum absolute atomic E-state index is 12.6. The lowest BCUT2D eigenvalue weighted by Gasteiger charge is -2.36. The van der Waals surface area contributed by atoms with Crippen molar-refractivity contribution in [2.45, 2.75) is 44.6 Å². The second kappa shape index (κ2) is 8.48. The van der Waals surface area contributed by atoms with E-state index in [9.17, 15) is 9.59 Å². The quantitative estimate of drug-likeness (QED) is 0.912. The first-order valence-corrected chi connectivity index (χ1v) is 9.52. The van der Waals surface area contributed by atoms with Gasteiger partial charge in [-0.15, -0.1) is 0 Å². The number of benzene rings is 1. The van der Waals surface area contributed by atoms with E-state index in [2.05, 4.69) is 0 Å². The minimum absolute atomic E-state index is 0.0504. The van der Waals surface area contributed by atoms with Crippen LogP contribution in [-0.2, 0) is 9.59 Å². The Morgan fingerprint density at radius 3 is 2.20 bits per heavy atom. The van der Waals surface area contributed by atoms with Gasteiger partial charge in [0.15, 0.2) is 0 Å². The highest BCUT2D eigenvalue weighted by atomic mass is 16.2. The Hall–Kier alpha value is -1.88. The predicted octanol–water partition coefficient (Wildman–Crippen LogP) is 2.33. The fraction of sp³-hybridized carbons (Fsp3) is 0.600. The van der Waals surface area contributed by atoms with E-state index < -0.39 is 6.04 Å². The number of carbonyl (C=O) groups is 2. The summed E-state index contributed by atoms with van der Waals surface area (Å²) in [5, 5.41) is 0. The first-order valence-electron chi connectivity index (χ1n) is 9.52. The molecule has 1 saturated carbocycles. The number of hydrogen-bond acceptors (Lipinski definition) is 3. The van der Waals surface area contributed by atoms with Crippen LogP contribution in [0.15, 0.2) is 30.3 Å². The molecule has 25 heavy (non-hydrogen) atoms. The molecule has 2 N–H and O–H groups in total. The number of hydrogen-bond donors (Lipinski definition) is 1. The Morgan fingerprint density at radius 2 is 1.56 bits per heavy atom. The number of piperazine rings is 1. The first kappa shape index (κ1) is 17.9. The highest BCUT2D eigenvalue weighted by Crippen LogP contribution is 2.27. The SMILES string of the molecule is NC(C(=O)N1CCN(C(=O)CC2CCCCC2)CC1)c1ccccc1. The van der Waals surface area contributed by atoms with Crippen LogP contribution < -0.4 is 5.73 Å². The summed E-state index contributed by atoms with van der Waals surface area (Å²) in [6, 6.07) is 8.84. The minimum Gasteiger partial charge on any atom is -0.339 e. The average Bonchev–Trinajstić information content (AvgIpc) is 2.68. The Bertz CT molecular complexity index is 576. The van der Waals surface area contributed by atoms with Crippen molar-refractivity contribution in [1.29, 1.82) is 0 Å². The van der Waals surface area contributed by atoms with E-state index in [1.165, 1.54) is 32.1 Å². The topological polar surface area (TPSA) is 66.6 Å². The summed E-state index contributed by atoms with van der Waals surface area (Å²) in [7, 11) is 0. The fourth-order valence-corrected chi connectivity index (χ4v) is 3.94. The van der Waals surface area contributed by atoms with E-state index in [1.54, 1.807) is 4.90 Å². The summed E-state index contributed by atoms with van der Waals surface area (Å²) >= 11 is 0. The zero-order valence-electron chi connectivity index (χ0n) is 14.9. The molecule has 1 heterocycles. The van der Waals surface area contributed by atoms with Crippen LogP contribution in [0.1, 0.15) is 50.1 Å². The molecular formula is C20H29N3O2. The third-order valence-corrected chi connectivity index (χ3v) is 5.56. The smallest absolute Gasteiger partial charge is 0.244 e. The third-order valence-electron chi connectivity index (χ3n) is 5.56. The summed E-state index contributed by atoms with van der Waals surface area (Å²) in [6.07, 6.45) is 6.89. The summed E-state index contributed by atoms with van der Waals surface area (Å²) in [5.41, 5.74) is 6.95. The molecule has 5 heteroatoms. The molecule has 1 aromatic carbocycles. The molecule has 1 unspecified atom stereocenters. The van der Waals surface area contributed by atoms with Gasteiger partial charge in [-0.05, 0) is 24.3 Å². The van der Waals surface area contributed by atoms with Crippen molar-refractivity contribution >= 4 is 11.8 Å². The third kappa shape index (κ3) is 4.60. The molecule has 3 rings (SSSR count). The van der Waals surface area contributed by atoms with Crippen molar-refractivity contribution in [3.8, 4) is 0 Å². The van der Waals surface area contributed by atoms with Crippen LogP contribution in [0.3, 0.4) is 0 Å². The molecular weight excluding hydrogens is 314 g/mol. The molecule has 0 aromatic heterocycles. The molecule has 2 amide bonds. The molecule has 1 atom stereocenters. The molecule has 1 aromatic rings. The maximum Gasteiger partial charge on any atom is 0.244 e. The maximum atomic E-state index is 12.6. The van der Waals surface area contributed by atoms with Gasteiger partial charge < -0.3 is 15.5 Å². The van der Waals surface area contributed by atoms with Crippen molar-refractivity contribution in [3.05, 3.63) is 35.9 Å². The van der Waals surface area contributed by atoms with Gasteiger partial charge >= 0.3 is 0 Å². The van der Waals surface area contributed by atoms with E-state index in [0.717, 1.165) is 5.56 Å². The van der Waals surface area contributed by atoms with Crippen LogP contribution in [0.2, 0.25) is 0 Å². The Kier molecular flexibility index (Phi) is 6.08. The predicted molar refractivity (Wildman–Crippen MR) is 97.7 cm³/mol. The summed E-state index contributed by atoms with van der Waals surface area (Å²) in [5.74, 6) is 0.768. The van der Waals surface area contributed by atoms with E-state index in [-0.39, 0.29) is 11.8 Å². The number of amides is 2. The van der Waals surface area contributed by atoms with Crippen LogP contribution in [0, 0.1) is 5.92 Å². The molecule has 1 saturated heterocycles. The van der Waals surface area contributed by atoms with Crippen molar-refractivity contribution in [2.75, 3.05) is 26.2 Å². The summed E-state index contributed by atoms with van der Waals surface area (Å²) in [6.45, 7) is 2.41. The van der Waals surface area contributed by atoms with Gasteiger partial charge in [0.05, 0.1) is 0 Å². The lowest BCUT2D eigenvalue weighted by atomic mass is 9.86. The first-order chi connectivity index (χ1) is 12.1. The van der Waals surface area contributed by atoms with Crippen molar-refractivity contribution in [3.63, 3.8) is 0 Å².